The van der Waals surface area contributed by atoms with Crippen LogP contribution in [0.5, 0.6) is 5.75 Å². The van der Waals surface area contributed by atoms with Crippen LogP contribution in [0.2, 0.25) is 0 Å². The summed E-state index contributed by atoms with van der Waals surface area (Å²) < 4.78 is 0. The minimum atomic E-state index is -0.739. The third kappa shape index (κ3) is 8.42. The molecule has 34 heavy (non-hydrogen) atoms. The molecule has 1 aliphatic rings. The molecule has 2 atom stereocenters. The third-order valence-electron chi connectivity index (χ3n) is 6.82. The fourth-order valence-electron chi connectivity index (χ4n) is 4.80. The predicted octanol–water partition coefficient (Wildman–Crippen LogP) is 3.77. The fourth-order valence-corrected chi connectivity index (χ4v) is 4.80. The molecule has 0 radical (unpaired) electrons. The molecule has 0 spiro atoms. The van der Waals surface area contributed by atoms with Crippen molar-refractivity contribution in [1.82, 2.24) is 10.6 Å². The van der Waals surface area contributed by atoms with Gasteiger partial charge in [-0.15, -0.1) is 0 Å². The Morgan fingerprint density at radius 2 is 1.85 bits per heavy atom. The lowest BCUT2D eigenvalue weighted by atomic mass is 9.87. The number of phenols is 1. The summed E-state index contributed by atoms with van der Waals surface area (Å²) in [5, 5.41) is 35.9. The zero-order chi connectivity index (χ0) is 24.3. The van der Waals surface area contributed by atoms with Crippen LogP contribution in [0.15, 0.2) is 42.5 Å². The van der Waals surface area contributed by atoms with E-state index in [1.54, 1.807) is 12.1 Å². The summed E-state index contributed by atoms with van der Waals surface area (Å²) in [4.78, 5) is 12.4. The minimum absolute atomic E-state index is 0.0255. The van der Waals surface area contributed by atoms with Crippen molar-refractivity contribution in [2.24, 2.45) is 5.92 Å². The number of amides is 1. The van der Waals surface area contributed by atoms with Crippen molar-refractivity contribution in [3.05, 3.63) is 64.7 Å². The quantitative estimate of drug-likeness (QED) is 0.326. The van der Waals surface area contributed by atoms with E-state index < -0.39 is 6.10 Å². The van der Waals surface area contributed by atoms with Crippen molar-refractivity contribution in [2.75, 3.05) is 13.1 Å². The molecule has 0 saturated heterocycles. The molecule has 1 saturated carbocycles. The first-order valence-corrected chi connectivity index (χ1v) is 12.6. The summed E-state index contributed by atoms with van der Waals surface area (Å²) >= 11 is 0. The lowest BCUT2D eigenvalue weighted by Crippen LogP contribution is -2.32. The Labute approximate surface area is 203 Å². The number of aliphatic hydroxyl groups is 2. The van der Waals surface area contributed by atoms with Gasteiger partial charge in [-0.3, -0.25) is 4.79 Å². The number of hydrogen-bond acceptors (Lipinski definition) is 5. The Balaban J connectivity index is 1.41. The molecule has 3 rings (SSSR count). The van der Waals surface area contributed by atoms with Crippen molar-refractivity contribution < 1.29 is 20.1 Å². The molecule has 6 heteroatoms. The van der Waals surface area contributed by atoms with Crippen molar-refractivity contribution in [3.8, 4) is 5.75 Å². The number of aliphatic hydroxyl groups excluding tert-OH is 2. The number of benzene rings is 2. The topological polar surface area (TPSA) is 102 Å². The standard InChI is InChI=1S/C28H40N2O4/c1-20(30-18-27(33)24-10-11-26(32)25(17-24)19-31)14-22-8-5-9-23(15-22)16-28(34)29-13-12-21-6-3-2-4-7-21/h5,8-11,15,17,20-21,27,30-33H,2-4,6-7,12-14,16,18-19H2,1H3,(H,29,34)/t20-,27+/m1/s1. The molecule has 0 heterocycles. The number of carbonyl (C=O) groups excluding carboxylic acids is 1. The smallest absolute Gasteiger partial charge is 0.224 e. The number of hydrogen-bond donors (Lipinski definition) is 5. The van der Waals surface area contributed by atoms with Gasteiger partial charge in [-0.1, -0.05) is 62.4 Å². The fraction of sp³-hybridized carbons (Fsp3) is 0.536. The van der Waals surface area contributed by atoms with Crippen molar-refractivity contribution in [1.29, 1.82) is 0 Å². The second kappa shape index (κ2) is 13.5. The van der Waals surface area contributed by atoms with E-state index in [0.717, 1.165) is 36.4 Å². The van der Waals surface area contributed by atoms with E-state index >= 15 is 0 Å². The molecule has 1 amide bonds. The van der Waals surface area contributed by atoms with Gasteiger partial charge >= 0.3 is 0 Å². The van der Waals surface area contributed by atoms with Gasteiger partial charge in [0.25, 0.3) is 0 Å². The molecule has 5 N–H and O–H groups in total. The Bertz CT molecular complexity index is 911. The van der Waals surface area contributed by atoms with E-state index in [1.165, 1.54) is 38.2 Å². The predicted molar refractivity (Wildman–Crippen MR) is 135 cm³/mol. The molecule has 2 aromatic rings. The summed E-state index contributed by atoms with van der Waals surface area (Å²) in [6, 6.07) is 13.0. The van der Waals surface area contributed by atoms with Crippen LogP contribution in [0.3, 0.4) is 0 Å². The summed E-state index contributed by atoms with van der Waals surface area (Å²) in [6.45, 7) is 2.92. The summed E-state index contributed by atoms with van der Waals surface area (Å²) in [5.41, 5.74) is 3.22. The Morgan fingerprint density at radius 3 is 2.62 bits per heavy atom. The van der Waals surface area contributed by atoms with Crippen LogP contribution in [0, 0.1) is 5.92 Å². The maximum Gasteiger partial charge on any atom is 0.224 e. The third-order valence-corrected chi connectivity index (χ3v) is 6.82. The number of aromatic hydroxyl groups is 1. The van der Waals surface area contributed by atoms with Gasteiger partial charge in [-0.25, -0.2) is 0 Å². The normalized spacial score (nSPS) is 16.2. The number of carbonyl (C=O) groups is 1. The van der Waals surface area contributed by atoms with Crippen molar-refractivity contribution in [3.63, 3.8) is 0 Å². The summed E-state index contributed by atoms with van der Waals surface area (Å²) in [7, 11) is 0. The average molecular weight is 469 g/mol. The van der Waals surface area contributed by atoms with Crippen LogP contribution in [0.25, 0.3) is 0 Å². The molecular formula is C28H40N2O4. The zero-order valence-electron chi connectivity index (χ0n) is 20.3. The Hall–Kier alpha value is -2.41. The lowest BCUT2D eigenvalue weighted by Gasteiger charge is -2.21. The highest BCUT2D eigenvalue weighted by Crippen LogP contribution is 2.26. The molecule has 1 fully saturated rings. The van der Waals surface area contributed by atoms with Gasteiger partial charge in [0, 0.05) is 24.7 Å². The average Bonchev–Trinajstić information content (AvgIpc) is 2.83. The highest BCUT2D eigenvalue weighted by atomic mass is 16.3. The van der Waals surface area contributed by atoms with Gasteiger partial charge < -0.3 is 26.0 Å². The molecule has 0 aliphatic heterocycles. The molecule has 2 aromatic carbocycles. The molecular weight excluding hydrogens is 428 g/mol. The van der Waals surface area contributed by atoms with Crippen LogP contribution < -0.4 is 10.6 Å². The minimum Gasteiger partial charge on any atom is -0.508 e. The van der Waals surface area contributed by atoms with Crippen LogP contribution in [0.1, 0.15) is 73.8 Å². The molecule has 1 aliphatic carbocycles. The highest BCUT2D eigenvalue weighted by Gasteiger charge is 2.14. The van der Waals surface area contributed by atoms with Gasteiger partial charge in [0.15, 0.2) is 0 Å². The maximum atomic E-state index is 12.4. The van der Waals surface area contributed by atoms with Crippen LogP contribution in [0.4, 0.5) is 0 Å². The van der Waals surface area contributed by atoms with Gasteiger partial charge in [-0.05, 0) is 54.5 Å². The highest BCUT2D eigenvalue weighted by molar-refractivity contribution is 5.78. The molecule has 0 aromatic heterocycles. The summed E-state index contributed by atoms with van der Waals surface area (Å²) in [5.74, 6) is 0.881. The first-order valence-electron chi connectivity index (χ1n) is 12.6. The molecule has 186 valence electrons. The maximum absolute atomic E-state index is 12.4. The van der Waals surface area contributed by atoms with E-state index in [-0.39, 0.29) is 24.3 Å². The molecule has 6 nitrogen and oxygen atoms in total. The van der Waals surface area contributed by atoms with Crippen LogP contribution in [-0.4, -0.2) is 40.4 Å². The Kier molecular flexibility index (Phi) is 10.4. The first-order chi connectivity index (χ1) is 16.4. The Morgan fingerprint density at radius 1 is 1.09 bits per heavy atom. The van der Waals surface area contributed by atoms with E-state index in [2.05, 4.69) is 29.7 Å². The SMILES string of the molecule is C[C@H](Cc1cccc(CC(=O)NCCC2CCCCC2)c1)NC[C@H](O)c1ccc(O)c(CO)c1. The second-order valence-corrected chi connectivity index (χ2v) is 9.71. The first kappa shape index (κ1) is 26.2. The van der Waals surface area contributed by atoms with Gasteiger partial charge in [0.05, 0.1) is 19.1 Å². The van der Waals surface area contributed by atoms with E-state index in [9.17, 15) is 20.1 Å². The molecule has 0 unspecified atom stereocenters. The number of rotatable bonds is 12. The monoisotopic (exact) mass is 468 g/mol. The van der Waals surface area contributed by atoms with Gasteiger partial charge in [0.1, 0.15) is 5.75 Å². The number of nitrogens with one attached hydrogen (secondary N) is 2. The lowest BCUT2D eigenvalue weighted by molar-refractivity contribution is -0.120. The van der Waals surface area contributed by atoms with E-state index in [1.807, 2.05) is 12.1 Å². The summed E-state index contributed by atoms with van der Waals surface area (Å²) in [6.07, 6.45) is 8.16. The van der Waals surface area contributed by atoms with Gasteiger partial charge in [0.2, 0.25) is 5.91 Å². The molecule has 0 bridgehead atoms. The van der Waals surface area contributed by atoms with E-state index in [4.69, 9.17) is 0 Å². The van der Waals surface area contributed by atoms with Gasteiger partial charge in [-0.2, -0.15) is 0 Å². The van der Waals surface area contributed by atoms with E-state index in [0.29, 0.717) is 24.1 Å². The second-order valence-electron chi connectivity index (χ2n) is 9.71. The largest absolute Gasteiger partial charge is 0.508 e. The van der Waals surface area contributed by atoms with Crippen LogP contribution in [-0.2, 0) is 24.2 Å². The van der Waals surface area contributed by atoms with Crippen LogP contribution >= 0.6 is 0 Å². The van der Waals surface area contributed by atoms with Crippen molar-refractivity contribution in [2.45, 2.75) is 77.0 Å². The van der Waals surface area contributed by atoms with Crippen molar-refractivity contribution >= 4 is 5.91 Å². The zero-order valence-corrected chi connectivity index (χ0v) is 20.3.